The Balaban J connectivity index is 1.36. The van der Waals surface area contributed by atoms with Crippen LogP contribution in [0.5, 0.6) is 0 Å². The zero-order chi connectivity index (χ0) is 27.4. The number of amides is 1. The van der Waals surface area contributed by atoms with Crippen LogP contribution in [0.4, 0.5) is 24.5 Å². The Hall–Kier alpha value is -3.54. The number of carbonyl (C=O) groups is 1. The van der Waals surface area contributed by atoms with Crippen LogP contribution >= 0.6 is 0 Å². The number of pyridine rings is 2. The van der Waals surface area contributed by atoms with Crippen LogP contribution < -0.4 is 16.0 Å². The van der Waals surface area contributed by atoms with Crippen molar-refractivity contribution >= 4 is 17.3 Å². The highest BCUT2D eigenvalue weighted by molar-refractivity contribution is 6.05. The summed E-state index contributed by atoms with van der Waals surface area (Å²) in [5, 5.41) is 24.0. The van der Waals surface area contributed by atoms with E-state index >= 15 is 0 Å². The summed E-state index contributed by atoms with van der Waals surface area (Å²) in [5.41, 5.74) is 7.15. The topological polar surface area (TPSA) is 125 Å². The normalized spacial score (nSPS) is 24.5. The Labute approximate surface area is 222 Å². The van der Waals surface area contributed by atoms with Gasteiger partial charge in [0, 0.05) is 30.6 Å². The van der Waals surface area contributed by atoms with Crippen molar-refractivity contribution in [1.82, 2.24) is 9.97 Å². The molecule has 204 valence electrons. The summed E-state index contributed by atoms with van der Waals surface area (Å²) in [5.74, 6) is -3.35. The third-order valence-corrected chi connectivity index (χ3v) is 7.98. The SMILES string of the molecule is N[C@@H]1CN(c2c(NC(=O)c3ccc(F)c(-c4c(F)cccc4F)n3)cnc3c2CC[C@@H]3O)C[C@H](C2CC2)[C@H]1O. The minimum atomic E-state index is -1.00. The lowest BCUT2D eigenvalue weighted by Crippen LogP contribution is -2.57. The van der Waals surface area contributed by atoms with Crippen molar-refractivity contribution in [3.8, 4) is 11.3 Å². The van der Waals surface area contributed by atoms with Gasteiger partial charge in [0.15, 0.2) is 0 Å². The van der Waals surface area contributed by atoms with E-state index in [1.54, 1.807) is 0 Å². The molecule has 1 amide bonds. The predicted molar refractivity (Wildman–Crippen MR) is 137 cm³/mol. The molecule has 6 rings (SSSR count). The van der Waals surface area contributed by atoms with Crippen LogP contribution in [0.25, 0.3) is 11.3 Å². The van der Waals surface area contributed by atoms with E-state index in [4.69, 9.17) is 5.73 Å². The lowest BCUT2D eigenvalue weighted by molar-refractivity contribution is 0.0593. The van der Waals surface area contributed by atoms with Gasteiger partial charge in [0.25, 0.3) is 5.91 Å². The standard InChI is InChI=1S/C28H28F3N5O3/c29-16-2-1-3-17(30)23(16)25-18(31)7-8-20(34-25)28(39)35-21-10-33-24-14(6-9-22(24)37)26(21)36-11-15(13-4-5-13)27(38)19(32)12-36/h1-3,7-8,10,13,15,19,22,27,37-38H,4-6,9,11-12,32H2,(H,35,39)/t15-,19-,22+,27-/m1/s1. The number of benzene rings is 1. The van der Waals surface area contributed by atoms with Crippen LogP contribution in [0, 0.1) is 29.3 Å². The van der Waals surface area contributed by atoms with Crippen molar-refractivity contribution in [2.75, 3.05) is 23.3 Å². The molecule has 0 bridgehead atoms. The maximum atomic E-state index is 14.6. The van der Waals surface area contributed by atoms with Crippen LogP contribution in [-0.4, -0.2) is 51.3 Å². The first-order valence-electron chi connectivity index (χ1n) is 13.0. The van der Waals surface area contributed by atoms with E-state index < -0.39 is 52.9 Å². The highest BCUT2D eigenvalue weighted by atomic mass is 19.1. The average molecular weight is 540 g/mol. The van der Waals surface area contributed by atoms with Crippen LogP contribution in [0.1, 0.15) is 47.1 Å². The number of nitrogens with zero attached hydrogens (tertiary/aromatic N) is 3. The highest BCUT2D eigenvalue weighted by Crippen LogP contribution is 2.45. The number of halogens is 3. The Morgan fingerprint density at radius 1 is 1.03 bits per heavy atom. The number of nitrogens with one attached hydrogen (secondary N) is 1. The molecular weight excluding hydrogens is 511 g/mol. The Kier molecular flexibility index (Phi) is 6.52. The van der Waals surface area contributed by atoms with Crippen molar-refractivity contribution in [2.45, 2.75) is 43.9 Å². The molecule has 1 saturated carbocycles. The summed E-state index contributed by atoms with van der Waals surface area (Å²) >= 11 is 0. The zero-order valence-corrected chi connectivity index (χ0v) is 20.9. The monoisotopic (exact) mass is 539 g/mol. The van der Waals surface area contributed by atoms with Gasteiger partial charge in [-0.25, -0.2) is 18.2 Å². The number of aliphatic hydroxyl groups is 2. The Morgan fingerprint density at radius 2 is 1.77 bits per heavy atom. The maximum Gasteiger partial charge on any atom is 0.274 e. The number of fused-ring (bicyclic) bond motifs is 1. The minimum Gasteiger partial charge on any atom is -0.391 e. The van der Waals surface area contributed by atoms with Gasteiger partial charge in [-0.1, -0.05) is 6.07 Å². The van der Waals surface area contributed by atoms with Crippen molar-refractivity contribution < 1.29 is 28.2 Å². The molecule has 1 saturated heterocycles. The van der Waals surface area contributed by atoms with Gasteiger partial charge >= 0.3 is 0 Å². The molecular formula is C28H28F3N5O3. The molecule has 5 N–H and O–H groups in total. The number of hydrogen-bond acceptors (Lipinski definition) is 7. The molecule has 2 fully saturated rings. The number of piperidine rings is 1. The van der Waals surface area contributed by atoms with Gasteiger partial charge in [0.2, 0.25) is 0 Å². The van der Waals surface area contributed by atoms with E-state index in [0.29, 0.717) is 48.9 Å². The van der Waals surface area contributed by atoms with Crippen molar-refractivity contribution in [3.63, 3.8) is 0 Å². The van der Waals surface area contributed by atoms with E-state index in [1.807, 2.05) is 4.90 Å². The number of aliphatic hydroxyl groups excluding tert-OH is 2. The predicted octanol–water partition coefficient (Wildman–Crippen LogP) is 3.33. The molecule has 4 atom stereocenters. The molecule has 0 spiro atoms. The Bertz CT molecular complexity index is 1430. The lowest BCUT2D eigenvalue weighted by Gasteiger charge is -2.42. The largest absolute Gasteiger partial charge is 0.391 e. The van der Waals surface area contributed by atoms with Gasteiger partial charge < -0.3 is 26.2 Å². The summed E-state index contributed by atoms with van der Waals surface area (Å²) in [6.07, 6.45) is 3.16. The first kappa shape index (κ1) is 25.7. The average Bonchev–Trinajstić information content (AvgIpc) is 3.68. The van der Waals surface area contributed by atoms with E-state index in [9.17, 15) is 28.2 Å². The van der Waals surface area contributed by atoms with Gasteiger partial charge in [-0.15, -0.1) is 0 Å². The number of nitrogens with two attached hydrogens (primary N) is 1. The quantitative estimate of drug-likeness (QED) is 0.392. The van der Waals surface area contributed by atoms with Crippen molar-refractivity contribution in [1.29, 1.82) is 0 Å². The Morgan fingerprint density at radius 3 is 2.49 bits per heavy atom. The van der Waals surface area contributed by atoms with Crippen molar-refractivity contribution in [2.24, 2.45) is 17.6 Å². The molecule has 3 aliphatic rings. The fourth-order valence-electron chi connectivity index (χ4n) is 5.87. The molecule has 1 aromatic carbocycles. The third kappa shape index (κ3) is 4.64. The lowest BCUT2D eigenvalue weighted by atomic mass is 9.86. The van der Waals surface area contributed by atoms with Crippen molar-refractivity contribution in [3.05, 3.63) is 70.9 Å². The zero-order valence-electron chi connectivity index (χ0n) is 20.9. The van der Waals surface area contributed by atoms with Gasteiger partial charge in [-0.2, -0.15) is 0 Å². The molecule has 2 aromatic heterocycles. The van der Waals surface area contributed by atoms with E-state index in [0.717, 1.165) is 48.7 Å². The molecule has 1 aliphatic heterocycles. The number of hydrogen-bond donors (Lipinski definition) is 4. The van der Waals surface area contributed by atoms with E-state index in [2.05, 4.69) is 15.3 Å². The summed E-state index contributed by atoms with van der Waals surface area (Å²) in [7, 11) is 0. The molecule has 11 heteroatoms. The van der Waals surface area contributed by atoms with Gasteiger partial charge in [-0.05, 0) is 55.9 Å². The number of aromatic nitrogens is 2. The van der Waals surface area contributed by atoms with Crippen LogP contribution in [0.2, 0.25) is 0 Å². The fourth-order valence-corrected chi connectivity index (χ4v) is 5.87. The maximum absolute atomic E-state index is 14.6. The second-order valence-electron chi connectivity index (χ2n) is 10.6. The molecule has 0 unspecified atom stereocenters. The molecule has 8 nitrogen and oxygen atoms in total. The summed E-state index contributed by atoms with van der Waals surface area (Å²) in [6, 6.07) is 4.69. The summed E-state index contributed by atoms with van der Waals surface area (Å²) in [6.45, 7) is 0.867. The fraction of sp³-hybridized carbons (Fsp3) is 0.393. The molecule has 3 heterocycles. The van der Waals surface area contributed by atoms with Crippen LogP contribution in [0.3, 0.4) is 0 Å². The summed E-state index contributed by atoms with van der Waals surface area (Å²) in [4.78, 5) is 23.7. The second-order valence-corrected chi connectivity index (χ2v) is 10.6. The number of carbonyl (C=O) groups excluding carboxylic acids is 1. The first-order valence-corrected chi connectivity index (χ1v) is 13.0. The first-order chi connectivity index (χ1) is 18.7. The third-order valence-electron chi connectivity index (χ3n) is 7.98. The van der Waals surface area contributed by atoms with Gasteiger partial charge in [-0.3, -0.25) is 9.78 Å². The van der Waals surface area contributed by atoms with Crippen LogP contribution in [0.15, 0.2) is 36.5 Å². The number of rotatable bonds is 5. The minimum absolute atomic E-state index is 0.0237. The highest BCUT2D eigenvalue weighted by Gasteiger charge is 2.44. The summed E-state index contributed by atoms with van der Waals surface area (Å²) < 4.78 is 43.3. The molecule has 39 heavy (non-hydrogen) atoms. The van der Waals surface area contributed by atoms with E-state index in [-0.39, 0.29) is 11.6 Å². The number of anilines is 2. The second kappa shape index (κ2) is 9.89. The molecule has 3 aromatic rings. The molecule has 2 aliphatic carbocycles. The van der Waals surface area contributed by atoms with E-state index in [1.165, 1.54) is 6.20 Å². The van der Waals surface area contributed by atoms with Crippen LogP contribution in [-0.2, 0) is 6.42 Å². The smallest absolute Gasteiger partial charge is 0.274 e. The van der Waals surface area contributed by atoms with Gasteiger partial charge in [0.05, 0.1) is 41.0 Å². The van der Waals surface area contributed by atoms with Gasteiger partial charge in [0.1, 0.15) is 28.8 Å². The molecule has 0 radical (unpaired) electrons.